The molecule has 20 heavy (non-hydrogen) atoms. The zero-order valence-corrected chi connectivity index (χ0v) is 12.0. The summed E-state index contributed by atoms with van der Waals surface area (Å²) in [7, 11) is 0. The molecule has 4 heteroatoms. The minimum absolute atomic E-state index is 0.336. The first-order valence-corrected chi connectivity index (χ1v) is 7.21. The van der Waals surface area contributed by atoms with Gasteiger partial charge in [-0.15, -0.1) is 0 Å². The Morgan fingerprint density at radius 3 is 3.10 bits per heavy atom. The Bertz CT molecular complexity index is 565. The van der Waals surface area contributed by atoms with E-state index in [0.717, 1.165) is 25.3 Å². The van der Waals surface area contributed by atoms with Gasteiger partial charge in [-0.3, -0.25) is 4.68 Å². The van der Waals surface area contributed by atoms with Gasteiger partial charge in [0.05, 0.1) is 12.6 Å². The molecule has 0 aliphatic carbocycles. The first-order chi connectivity index (χ1) is 9.74. The van der Waals surface area contributed by atoms with Crippen molar-refractivity contribution in [3.05, 3.63) is 47.8 Å². The van der Waals surface area contributed by atoms with Crippen LogP contribution in [0, 0.1) is 0 Å². The molecule has 0 bridgehead atoms. The predicted octanol–water partition coefficient (Wildman–Crippen LogP) is 2.56. The SMILES string of the molecule is C[C@H](NCc1ccc2c(c1)CCO2)[C@@H](C)n1cccn1. The second-order valence-electron chi connectivity index (χ2n) is 5.44. The van der Waals surface area contributed by atoms with Gasteiger partial charge in [0.25, 0.3) is 0 Å². The molecule has 4 nitrogen and oxygen atoms in total. The normalized spacial score (nSPS) is 16.5. The van der Waals surface area contributed by atoms with Crippen LogP contribution in [-0.2, 0) is 13.0 Å². The molecule has 0 saturated heterocycles. The fourth-order valence-electron chi connectivity index (χ4n) is 2.55. The lowest BCUT2D eigenvalue weighted by atomic mass is 10.1. The van der Waals surface area contributed by atoms with Crippen LogP contribution >= 0.6 is 0 Å². The van der Waals surface area contributed by atoms with Gasteiger partial charge >= 0.3 is 0 Å². The molecule has 0 unspecified atom stereocenters. The molecule has 1 aliphatic heterocycles. The number of hydrogen-bond acceptors (Lipinski definition) is 3. The average Bonchev–Trinajstić information content (AvgIpc) is 3.13. The zero-order valence-electron chi connectivity index (χ0n) is 12.0. The minimum atomic E-state index is 0.336. The highest BCUT2D eigenvalue weighted by atomic mass is 16.5. The number of ether oxygens (including phenoxy) is 1. The van der Waals surface area contributed by atoms with Gasteiger partial charge in [-0.1, -0.05) is 12.1 Å². The van der Waals surface area contributed by atoms with Crippen LogP contribution in [0.2, 0.25) is 0 Å². The van der Waals surface area contributed by atoms with Crippen molar-refractivity contribution in [2.75, 3.05) is 6.61 Å². The van der Waals surface area contributed by atoms with Crippen LogP contribution in [0.3, 0.4) is 0 Å². The average molecular weight is 271 g/mol. The smallest absolute Gasteiger partial charge is 0.122 e. The van der Waals surface area contributed by atoms with E-state index in [1.165, 1.54) is 11.1 Å². The van der Waals surface area contributed by atoms with Crippen molar-refractivity contribution in [1.29, 1.82) is 0 Å². The number of hydrogen-bond donors (Lipinski definition) is 1. The topological polar surface area (TPSA) is 39.1 Å². The highest BCUT2D eigenvalue weighted by Crippen LogP contribution is 2.25. The highest BCUT2D eigenvalue weighted by Gasteiger charge is 2.15. The van der Waals surface area contributed by atoms with Crippen LogP contribution in [-0.4, -0.2) is 22.4 Å². The standard InChI is InChI=1S/C16H21N3O/c1-12(13(2)19-8-3-7-18-19)17-11-14-4-5-16-15(10-14)6-9-20-16/h3-5,7-8,10,12-13,17H,6,9,11H2,1-2H3/t12-,13+/m0/s1. The maximum Gasteiger partial charge on any atom is 0.122 e. The van der Waals surface area contributed by atoms with Gasteiger partial charge in [-0.05, 0) is 37.1 Å². The van der Waals surface area contributed by atoms with Crippen molar-refractivity contribution < 1.29 is 4.74 Å². The fourth-order valence-corrected chi connectivity index (χ4v) is 2.55. The van der Waals surface area contributed by atoms with Crippen LogP contribution in [0.4, 0.5) is 0 Å². The van der Waals surface area contributed by atoms with Gasteiger partial charge in [0.15, 0.2) is 0 Å². The lowest BCUT2D eigenvalue weighted by Gasteiger charge is -2.22. The maximum absolute atomic E-state index is 5.53. The minimum Gasteiger partial charge on any atom is -0.493 e. The lowest BCUT2D eigenvalue weighted by Crippen LogP contribution is -2.33. The summed E-state index contributed by atoms with van der Waals surface area (Å²) in [4.78, 5) is 0. The van der Waals surface area contributed by atoms with Crippen molar-refractivity contribution in [3.8, 4) is 5.75 Å². The summed E-state index contributed by atoms with van der Waals surface area (Å²) < 4.78 is 7.53. The zero-order chi connectivity index (χ0) is 13.9. The largest absolute Gasteiger partial charge is 0.493 e. The van der Waals surface area contributed by atoms with Crippen molar-refractivity contribution >= 4 is 0 Å². The molecule has 1 aliphatic rings. The summed E-state index contributed by atoms with van der Waals surface area (Å²) in [6, 6.07) is 9.13. The van der Waals surface area contributed by atoms with Crippen molar-refractivity contribution in [2.24, 2.45) is 0 Å². The molecule has 2 aromatic rings. The summed E-state index contributed by atoms with van der Waals surface area (Å²) in [6.07, 6.45) is 4.86. The van der Waals surface area contributed by atoms with Gasteiger partial charge in [0, 0.05) is 31.4 Å². The van der Waals surface area contributed by atoms with Crippen LogP contribution in [0.1, 0.15) is 31.0 Å². The molecule has 3 rings (SSSR count). The monoisotopic (exact) mass is 271 g/mol. The Labute approximate surface area is 119 Å². The summed E-state index contributed by atoms with van der Waals surface area (Å²) in [6.45, 7) is 6.07. The Hall–Kier alpha value is -1.81. The number of aromatic nitrogens is 2. The lowest BCUT2D eigenvalue weighted by molar-refractivity contribution is 0.356. The third-order valence-electron chi connectivity index (χ3n) is 4.05. The summed E-state index contributed by atoms with van der Waals surface area (Å²) >= 11 is 0. The van der Waals surface area contributed by atoms with E-state index in [2.05, 4.69) is 42.5 Å². The molecule has 106 valence electrons. The third-order valence-corrected chi connectivity index (χ3v) is 4.05. The van der Waals surface area contributed by atoms with E-state index in [9.17, 15) is 0 Å². The van der Waals surface area contributed by atoms with Crippen molar-refractivity contribution in [2.45, 2.75) is 38.9 Å². The maximum atomic E-state index is 5.53. The molecule has 0 radical (unpaired) electrons. The van der Waals surface area contributed by atoms with Gasteiger partial charge < -0.3 is 10.1 Å². The molecular weight excluding hydrogens is 250 g/mol. The van der Waals surface area contributed by atoms with Gasteiger partial charge in [0.1, 0.15) is 5.75 Å². The van der Waals surface area contributed by atoms with E-state index in [1.807, 2.05) is 23.1 Å². The van der Waals surface area contributed by atoms with Crippen molar-refractivity contribution in [1.82, 2.24) is 15.1 Å². The number of nitrogens with one attached hydrogen (secondary N) is 1. The third kappa shape index (κ3) is 2.70. The summed E-state index contributed by atoms with van der Waals surface area (Å²) in [5, 5.41) is 7.88. The van der Waals surface area contributed by atoms with Gasteiger partial charge in [-0.2, -0.15) is 5.10 Å². The predicted molar refractivity (Wildman–Crippen MR) is 78.9 cm³/mol. The van der Waals surface area contributed by atoms with Gasteiger partial charge in [0.2, 0.25) is 0 Å². The van der Waals surface area contributed by atoms with E-state index >= 15 is 0 Å². The Morgan fingerprint density at radius 1 is 1.40 bits per heavy atom. The molecule has 1 aromatic heterocycles. The first kappa shape index (κ1) is 13.2. The van der Waals surface area contributed by atoms with Crippen molar-refractivity contribution in [3.63, 3.8) is 0 Å². The number of benzene rings is 1. The van der Waals surface area contributed by atoms with Crippen LogP contribution < -0.4 is 10.1 Å². The molecule has 0 spiro atoms. The second kappa shape index (κ2) is 5.67. The van der Waals surface area contributed by atoms with Crippen LogP contribution in [0.5, 0.6) is 5.75 Å². The second-order valence-corrected chi connectivity index (χ2v) is 5.44. The molecule has 2 atom stereocenters. The van der Waals surface area contributed by atoms with E-state index in [4.69, 9.17) is 4.74 Å². The van der Waals surface area contributed by atoms with Crippen LogP contribution in [0.15, 0.2) is 36.7 Å². The van der Waals surface area contributed by atoms with E-state index < -0.39 is 0 Å². The Balaban J connectivity index is 1.59. The molecule has 0 saturated carbocycles. The van der Waals surface area contributed by atoms with E-state index in [0.29, 0.717) is 12.1 Å². The number of rotatable bonds is 5. The quantitative estimate of drug-likeness (QED) is 0.908. The molecule has 0 amide bonds. The molecule has 0 fully saturated rings. The Kier molecular flexibility index (Phi) is 3.74. The Morgan fingerprint density at radius 2 is 2.30 bits per heavy atom. The summed E-state index contributed by atoms with van der Waals surface area (Å²) in [5.74, 6) is 1.05. The van der Waals surface area contributed by atoms with Gasteiger partial charge in [-0.25, -0.2) is 0 Å². The number of fused-ring (bicyclic) bond motifs is 1. The first-order valence-electron chi connectivity index (χ1n) is 7.21. The number of nitrogens with zero attached hydrogens (tertiary/aromatic N) is 2. The van der Waals surface area contributed by atoms with Crippen LogP contribution in [0.25, 0.3) is 0 Å². The van der Waals surface area contributed by atoms with E-state index in [1.54, 1.807) is 0 Å². The molecule has 2 heterocycles. The molecule has 1 N–H and O–H groups in total. The fraction of sp³-hybridized carbons (Fsp3) is 0.438. The van der Waals surface area contributed by atoms with E-state index in [-0.39, 0.29) is 0 Å². The molecular formula is C16H21N3O. The highest BCUT2D eigenvalue weighted by molar-refractivity contribution is 5.39. The molecule has 1 aromatic carbocycles. The summed E-state index contributed by atoms with van der Waals surface area (Å²) in [5.41, 5.74) is 2.64.